The number of para-hydroxylation sites is 1. The summed E-state index contributed by atoms with van der Waals surface area (Å²) < 4.78 is 11.1. The van der Waals surface area contributed by atoms with Crippen molar-refractivity contribution in [3.63, 3.8) is 0 Å². The van der Waals surface area contributed by atoms with E-state index < -0.39 is 12.0 Å². The van der Waals surface area contributed by atoms with Gasteiger partial charge >= 0.3 is 5.97 Å². The number of hydrogen-bond acceptors (Lipinski definition) is 7. The fourth-order valence-corrected chi connectivity index (χ4v) is 5.81. The first-order valence-corrected chi connectivity index (χ1v) is 16.7. The van der Waals surface area contributed by atoms with Crippen LogP contribution in [0.1, 0.15) is 38.3 Å². The van der Waals surface area contributed by atoms with Gasteiger partial charge < -0.3 is 19.7 Å². The topological polar surface area (TPSA) is 84.9 Å². The van der Waals surface area contributed by atoms with Crippen LogP contribution in [0.2, 0.25) is 0 Å². The summed E-state index contributed by atoms with van der Waals surface area (Å²) in [6, 6.07) is 36.9. The molecule has 0 fully saturated rings. The molecule has 1 heterocycles. The summed E-state index contributed by atoms with van der Waals surface area (Å²) in [5.41, 5.74) is 3.57. The third-order valence-corrected chi connectivity index (χ3v) is 8.53. The second-order valence-electron chi connectivity index (χ2n) is 11.1. The van der Waals surface area contributed by atoms with Gasteiger partial charge in [0, 0.05) is 47.3 Å². The van der Waals surface area contributed by atoms with Crippen LogP contribution >= 0.6 is 11.3 Å². The van der Waals surface area contributed by atoms with Crippen molar-refractivity contribution >= 4 is 40.8 Å². The molecule has 0 saturated carbocycles. The van der Waals surface area contributed by atoms with E-state index in [0.717, 1.165) is 16.0 Å². The van der Waals surface area contributed by atoms with E-state index in [1.807, 2.05) is 107 Å². The molecule has 1 aromatic heterocycles. The predicted molar refractivity (Wildman–Crippen MR) is 191 cm³/mol. The van der Waals surface area contributed by atoms with Crippen LogP contribution in [0.5, 0.6) is 5.75 Å². The van der Waals surface area contributed by atoms with Crippen molar-refractivity contribution < 1.29 is 23.9 Å². The smallest absolute Gasteiger partial charge is 0.328 e. The van der Waals surface area contributed by atoms with E-state index in [-0.39, 0.29) is 11.7 Å². The molecular weight excluding hydrogens is 621 g/mol. The number of ether oxygens (including phenoxy) is 2. The minimum absolute atomic E-state index is 0.0440. The van der Waals surface area contributed by atoms with Crippen LogP contribution in [0.4, 0.5) is 5.69 Å². The predicted octanol–water partition coefficient (Wildman–Crippen LogP) is 7.69. The molecule has 244 valence electrons. The number of anilines is 1. The van der Waals surface area contributed by atoms with Crippen molar-refractivity contribution in [1.82, 2.24) is 4.90 Å². The first-order chi connectivity index (χ1) is 23.5. The van der Waals surface area contributed by atoms with Gasteiger partial charge in [-0.3, -0.25) is 9.59 Å². The molecule has 1 amide bonds. The monoisotopic (exact) mass is 658 g/mol. The molecule has 5 aromatic rings. The zero-order valence-corrected chi connectivity index (χ0v) is 27.6. The van der Waals surface area contributed by atoms with Gasteiger partial charge in [0.15, 0.2) is 5.78 Å². The lowest BCUT2D eigenvalue weighted by atomic mass is 10.00. The van der Waals surface area contributed by atoms with Crippen molar-refractivity contribution in [3.05, 3.63) is 160 Å². The van der Waals surface area contributed by atoms with Gasteiger partial charge in [-0.25, -0.2) is 4.79 Å². The molecule has 0 aliphatic heterocycles. The quantitative estimate of drug-likeness (QED) is 0.0507. The lowest BCUT2D eigenvalue weighted by molar-refractivity contribution is -0.141. The molecule has 8 heteroatoms. The molecule has 7 nitrogen and oxygen atoms in total. The summed E-state index contributed by atoms with van der Waals surface area (Å²) in [6.07, 6.45) is 4.48. The highest BCUT2D eigenvalue weighted by atomic mass is 32.1. The Morgan fingerprint density at radius 1 is 0.812 bits per heavy atom. The number of amides is 1. The zero-order valence-electron chi connectivity index (χ0n) is 26.8. The number of methoxy groups -OCH3 is 1. The first-order valence-electron chi connectivity index (χ1n) is 15.8. The number of nitrogens with one attached hydrogen (secondary N) is 1. The van der Waals surface area contributed by atoms with Crippen molar-refractivity contribution in [2.24, 2.45) is 0 Å². The van der Waals surface area contributed by atoms with Crippen molar-refractivity contribution in [2.45, 2.75) is 25.4 Å². The third-order valence-electron chi connectivity index (χ3n) is 7.69. The highest BCUT2D eigenvalue weighted by Crippen LogP contribution is 2.22. The molecule has 48 heavy (non-hydrogen) atoms. The molecule has 4 aromatic carbocycles. The first kappa shape index (κ1) is 33.9. The Hall–Kier alpha value is -5.47. The van der Waals surface area contributed by atoms with Crippen LogP contribution in [0.3, 0.4) is 0 Å². The molecule has 1 unspecified atom stereocenters. The van der Waals surface area contributed by atoms with Gasteiger partial charge in [0.2, 0.25) is 5.91 Å². The van der Waals surface area contributed by atoms with Gasteiger partial charge in [0.1, 0.15) is 11.8 Å². The molecule has 0 radical (unpaired) electrons. The van der Waals surface area contributed by atoms with Crippen LogP contribution in [-0.2, 0) is 27.3 Å². The Balaban J connectivity index is 1.17. The van der Waals surface area contributed by atoms with Gasteiger partial charge in [-0.2, -0.15) is 0 Å². The Labute approximate surface area is 285 Å². The molecule has 5 rings (SSSR count). The second kappa shape index (κ2) is 17.4. The van der Waals surface area contributed by atoms with Crippen molar-refractivity contribution in [1.29, 1.82) is 0 Å². The van der Waals surface area contributed by atoms with E-state index in [4.69, 9.17) is 9.47 Å². The zero-order chi connectivity index (χ0) is 33.6. The number of thiophene rings is 1. The highest BCUT2D eigenvalue weighted by Gasteiger charge is 2.23. The van der Waals surface area contributed by atoms with Gasteiger partial charge in [0.25, 0.3) is 0 Å². The fourth-order valence-electron chi connectivity index (χ4n) is 5.19. The molecule has 0 bridgehead atoms. The lowest BCUT2D eigenvalue weighted by Crippen LogP contribution is -2.33. The summed E-state index contributed by atoms with van der Waals surface area (Å²) in [4.78, 5) is 42.0. The Kier molecular flexibility index (Phi) is 12.3. The van der Waals surface area contributed by atoms with Crippen molar-refractivity contribution in [3.8, 4) is 5.75 Å². The van der Waals surface area contributed by atoms with E-state index in [9.17, 15) is 14.4 Å². The van der Waals surface area contributed by atoms with Gasteiger partial charge in [0.05, 0.1) is 13.7 Å². The van der Waals surface area contributed by atoms with Crippen LogP contribution in [0.25, 0.3) is 6.08 Å². The maximum absolute atomic E-state index is 13.2. The highest BCUT2D eigenvalue weighted by molar-refractivity contribution is 7.10. The molecule has 0 aliphatic carbocycles. The van der Waals surface area contributed by atoms with Gasteiger partial charge in [-0.1, -0.05) is 91.0 Å². The van der Waals surface area contributed by atoms with E-state index >= 15 is 0 Å². The second-order valence-corrected chi connectivity index (χ2v) is 12.1. The summed E-state index contributed by atoms with van der Waals surface area (Å²) in [7, 11) is 1.35. The average Bonchev–Trinajstić information content (AvgIpc) is 3.66. The number of ketones is 1. The maximum atomic E-state index is 13.2. The molecular formula is C40H38N2O5S. The van der Waals surface area contributed by atoms with E-state index in [2.05, 4.69) is 5.32 Å². The van der Waals surface area contributed by atoms with Gasteiger partial charge in [-0.05, 0) is 59.3 Å². The molecule has 1 atom stereocenters. The minimum Gasteiger partial charge on any atom is -0.494 e. The molecule has 0 saturated heterocycles. The minimum atomic E-state index is -0.714. The summed E-state index contributed by atoms with van der Waals surface area (Å²) >= 11 is 1.59. The molecule has 0 aliphatic rings. The molecule has 1 N–H and O–H groups in total. The molecule has 0 spiro atoms. The van der Waals surface area contributed by atoms with Crippen LogP contribution in [-0.4, -0.2) is 48.9 Å². The third kappa shape index (κ3) is 9.77. The van der Waals surface area contributed by atoms with E-state index in [0.29, 0.717) is 55.1 Å². The average molecular weight is 659 g/mol. The Morgan fingerprint density at radius 3 is 2.23 bits per heavy atom. The number of esters is 1. The standard InChI is InChI=1S/C40H38N2O5S/c1-46-40(45)37(41-36-18-9-8-17-35(36)39(44)32-14-6-3-7-15-32)28-30-19-21-33(22-20-30)47-26-11-25-42(29-31-12-4-2-5-13-31)38(43)24-23-34-16-10-27-48-34/h2-10,12-24,27,37,41H,11,25-26,28-29H2,1H3. The fraction of sp³-hybridized carbons (Fsp3) is 0.175. The lowest BCUT2D eigenvalue weighted by Gasteiger charge is -2.21. The van der Waals surface area contributed by atoms with Crippen LogP contribution in [0.15, 0.2) is 133 Å². The van der Waals surface area contributed by atoms with Gasteiger partial charge in [-0.15, -0.1) is 11.3 Å². The van der Waals surface area contributed by atoms with E-state index in [1.165, 1.54) is 7.11 Å². The number of benzene rings is 4. The normalized spacial score (nSPS) is 11.5. The number of hydrogen-bond donors (Lipinski definition) is 1. The van der Waals surface area contributed by atoms with Crippen molar-refractivity contribution in [2.75, 3.05) is 25.6 Å². The van der Waals surface area contributed by atoms with Crippen LogP contribution < -0.4 is 10.1 Å². The summed E-state index contributed by atoms with van der Waals surface area (Å²) in [5.74, 6) is 0.0828. The summed E-state index contributed by atoms with van der Waals surface area (Å²) in [5, 5.41) is 5.23. The number of nitrogens with zero attached hydrogens (tertiary/aromatic N) is 1. The maximum Gasteiger partial charge on any atom is 0.328 e. The largest absolute Gasteiger partial charge is 0.494 e. The summed E-state index contributed by atoms with van der Waals surface area (Å²) in [6.45, 7) is 1.50. The van der Waals surface area contributed by atoms with E-state index in [1.54, 1.807) is 47.7 Å². The number of carbonyl (C=O) groups is 3. The Morgan fingerprint density at radius 2 is 1.52 bits per heavy atom. The Bertz CT molecular complexity index is 1790. The number of rotatable bonds is 16. The number of carbonyl (C=O) groups excluding carboxylic acids is 3. The SMILES string of the molecule is COC(=O)C(Cc1ccc(OCCCN(Cc2ccccc2)C(=O)C=Cc2cccs2)cc1)Nc1ccccc1C(=O)c1ccccc1. The van der Waals surface area contributed by atoms with Crippen LogP contribution in [0, 0.1) is 0 Å².